The van der Waals surface area contributed by atoms with E-state index in [-0.39, 0.29) is 5.91 Å². The molecule has 0 heterocycles. The maximum absolute atomic E-state index is 12.6. The standard InChI is InChI=1S/C33H43N3O3/c1-32(2,3)39-31(38)35-29-8-6-5-7-28(29)34-30(37)14-13-23-9-11-24(12-10-23)21-36(4)22-33-18-25-15-26(19-33)17-27(16-25)20-33/h5-14,25-27H,15-22H2,1-4H3,(H,34,37)(H,35,38)/b14-13+. The lowest BCUT2D eigenvalue weighted by Crippen LogP contribution is -2.50. The lowest BCUT2D eigenvalue weighted by molar-refractivity contribution is -0.111. The highest BCUT2D eigenvalue weighted by Gasteiger charge is 2.50. The van der Waals surface area contributed by atoms with Crippen LogP contribution in [0.25, 0.3) is 6.08 Å². The summed E-state index contributed by atoms with van der Waals surface area (Å²) in [5.41, 5.74) is 3.21. The van der Waals surface area contributed by atoms with Crippen LogP contribution in [0.5, 0.6) is 0 Å². The average Bonchev–Trinajstić information content (AvgIpc) is 2.82. The Balaban J connectivity index is 1.12. The first kappa shape index (κ1) is 27.4. The molecule has 2 amide bonds. The van der Waals surface area contributed by atoms with E-state index in [4.69, 9.17) is 4.74 Å². The molecule has 6 rings (SSSR count). The van der Waals surface area contributed by atoms with Gasteiger partial charge in [0.2, 0.25) is 5.91 Å². The smallest absolute Gasteiger partial charge is 0.412 e. The van der Waals surface area contributed by atoms with Gasteiger partial charge < -0.3 is 15.0 Å². The third kappa shape index (κ3) is 7.30. The highest BCUT2D eigenvalue weighted by Crippen LogP contribution is 2.60. The fraction of sp³-hybridized carbons (Fsp3) is 0.515. The molecule has 2 aromatic carbocycles. The van der Waals surface area contributed by atoms with Crippen LogP contribution < -0.4 is 10.6 Å². The summed E-state index contributed by atoms with van der Waals surface area (Å²) >= 11 is 0. The van der Waals surface area contributed by atoms with Gasteiger partial charge >= 0.3 is 6.09 Å². The molecule has 4 aliphatic rings. The summed E-state index contributed by atoms with van der Waals surface area (Å²) in [6, 6.07) is 15.5. The summed E-state index contributed by atoms with van der Waals surface area (Å²) < 4.78 is 5.32. The van der Waals surface area contributed by atoms with Gasteiger partial charge in [0.05, 0.1) is 11.4 Å². The van der Waals surface area contributed by atoms with Crippen molar-refractivity contribution in [1.29, 1.82) is 0 Å². The van der Waals surface area contributed by atoms with Crippen molar-refractivity contribution >= 4 is 29.5 Å². The van der Waals surface area contributed by atoms with E-state index in [2.05, 4.69) is 46.8 Å². The number of rotatable bonds is 8. The van der Waals surface area contributed by atoms with Crippen molar-refractivity contribution in [2.75, 3.05) is 24.2 Å². The van der Waals surface area contributed by atoms with Crippen LogP contribution in [-0.2, 0) is 16.1 Å². The molecule has 6 heteroatoms. The van der Waals surface area contributed by atoms with E-state index in [1.165, 1.54) is 56.7 Å². The highest BCUT2D eigenvalue weighted by molar-refractivity contribution is 6.05. The van der Waals surface area contributed by atoms with Crippen molar-refractivity contribution < 1.29 is 14.3 Å². The van der Waals surface area contributed by atoms with Gasteiger partial charge in [0.1, 0.15) is 5.60 Å². The molecule has 208 valence electrons. The van der Waals surface area contributed by atoms with Crippen LogP contribution in [0, 0.1) is 23.2 Å². The number of hydrogen-bond acceptors (Lipinski definition) is 4. The van der Waals surface area contributed by atoms with Gasteiger partial charge in [-0.15, -0.1) is 0 Å². The molecule has 4 aliphatic carbocycles. The number of hydrogen-bond donors (Lipinski definition) is 2. The molecule has 0 unspecified atom stereocenters. The molecule has 4 saturated carbocycles. The summed E-state index contributed by atoms with van der Waals surface area (Å²) in [5, 5.41) is 5.55. The maximum atomic E-state index is 12.6. The number of nitrogens with zero attached hydrogens (tertiary/aromatic N) is 1. The second-order valence-corrected chi connectivity index (χ2v) is 13.3. The Labute approximate surface area is 233 Å². The molecule has 0 atom stereocenters. The summed E-state index contributed by atoms with van der Waals surface area (Å²) in [5.74, 6) is 2.70. The molecule has 0 saturated heterocycles. The number of anilines is 2. The van der Waals surface area contributed by atoms with Gasteiger partial charge in [-0.1, -0.05) is 36.4 Å². The summed E-state index contributed by atoms with van der Waals surface area (Å²) in [6.07, 6.45) is 11.6. The second-order valence-electron chi connectivity index (χ2n) is 13.3. The minimum Gasteiger partial charge on any atom is -0.444 e. The largest absolute Gasteiger partial charge is 0.444 e. The third-order valence-electron chi connectivity index (χ3n) is 8.45. The van der Waals surface area contributed by atoms with E-state index in [9.17, 15) is 9.59 Å². The predicted octanol–water partition coefficient (Wildman–Crippen LogP) is 7.33. The van der Waals surface area contributed by atoms with Crippen molar-refractivity contribution in [3.8, 4) is 0 Å². The van der Waals surface area contributed by atoms with E-state index >= 15 is 0 Å². The Morgan fingerprint density at radius 1 is 0.923 bits per heavy atom. The Hall–Kier alpha value is -3.12. The number of benzene rings is 2. The first-order valence-corrected chi connectivity index (χ1v) is 14.4. The van der Waals surface area contributed by atoms with E-state index in [1.807, 2.05) is 6.08 Å². The number of ether oxygens (including phenoxy) is 1. The number of para-hydroxylation sites is 2. The van der Waals surface area contributed by atoms with Crippen molar-refractivity contribution in [3.63, 3.8) is 0 Å². The minimum absolute atomic E-state index is 0.271. The van der Waals surface area contributed by atoms with Gasteiger partial charge in [-0.3, -0.25) is 10.1 Å². The van der Waals surface area contributed by atoms with Crippen LogP contribution in [0.1, 0.15) is 70.4 Å². The van der Waals surface area contributed by atoms with E-state index in [0.29, 0.717) is 16.8 Å². The molecule has 0 spiro atoms. The van der Waals surface area contributed by atoms with Crippen LogP contribution in [0.15, 0.2) is 54.6 Å². The fourth-order valence-corrected chi connectivity index (χ4v) is 7.62. The first-order chi connectivity index (χ1) is 18.5. The van der Waals surface area contributed by atoms with Gasteiger partial charge in [-0.05, 0) is 119 Å². The van der Waals surface area contributed by atoms with Crippen molar-refractivity contribution in [3.05, 3.63) is 65.7 Å². The fourth-order valence-electron chi connectivity index (χ4n) is 7.62. The Morgan fingerprint density at radius 2 is 1.49 bits per heavy atom. The molecule has 6 nitrogen and oxygen atoms in total. The number of nitrogens with one attached hydrogen (secondary N) is 2. The molecule has 2 N–H and O–H groups in total. The molecule has 0 aromatic heterocycles. The monoisotopic (exact) mass is 529 g/mol. The number of carbonyl (C=O) groups is 2. The van der Waals surface area contributed by atoms with Crippen LogP contribution in [0.3, 0.4) is 0 Å². The molecule has 0 aliphatic heterocycles. The van der Waals surface area contributed by atoms with Gasteiger partial charge in [0.15, 0.2) is 0 Å². The van der Waals surface area contributed by atoms with Crippen LogP contribution in [0.2, 0.25) is 0 Å². The van der Waals surface area contributed by atoms with E-state index in [1.54, 1.807) is 45.0 Å². The molecular weight excluding hydrogens is 486 g/mol. The SMILES string of the molecule is CN(Cc1ccc(/C=C/C(=O)Nc2ccccc2NC(=O)OC(C)(C)C)cc1)CC12CC3CC(CC(C3)C1)C2. The first-order valence-electron chi connectivity index (χ1n) is 14.4. The zero-order valence-corrected chi connectivity index (χ0v) is 23.8. The van der Waals surface area contributed by atoms with Gasteiger partial charge in [-0.2, -0.15) is 0 Å². The van der Waals surface area contributed by atoms with Gasteiger partial charge in [-0.25, -0.2) is 4.79 Å². The van der Waals surface area contributed by atoms with Gasteiger partial charge in [0.25, 0.3) is 0 Å². The third-order valence-corrected chi connectivity index (χ3v) is 8.45. The van der Waals surface area contributed by atoms with Crippen molar-refractivity contribution in [1.82, 2.24) is 4.90 Å². The van der Waals surface area contributed by atoms with E-state index < -0.39 is 11.7 Å². The highest BCUT2D eigenvalue weighted by atomic mass is 16.6. The quantitative estimate of drug-likeness (QED) is 0.351. The topological polar surface area (TPSA) is 70.7 Å². The second kappa shape index (κ2) is 11.2. The number of carbonyl (C=O) groups excluding carboxylic acids is 2. The van der Waals surface area contributed by atoms with Crippen LogP contribution in [0.4, 0.5) is 16.2 Å². The molecule has 2 aromatic rings. The van der Waals surface area contributed by atoms with E-state index in [0.717, 1.165) is 29.9 Å². The Bertz CT molecular complexity index is 1180. The Kier molecular flexibility index (Phi) is 7.86. The van der Waals surface area contributed by atoms with Gasteiger partial charge in [0, 0.05) is 19.2 Å². The van der Waals surface area contributed by atoms with Crippen molar-refractivity contribution in [2.24, 2.45) is 23.2 Å². The lowest BCUT2D eigenvalue weighted by atomic mass is 9.49. The summed E-state index contributed by atoms with van der Waals surface area (Å²) in [7, 11) is 2.27. The molecule has 39 heavy (non-hydrogen) atoms. The average molecular weight is 530 g/mol. The number of amides is 2. The molecule has 4 bridgehead atoms. The van der Waals surface area contributed by atoms with Crippen LogP contribution >= 0.6 is 0 Å². The van der Waals surface area contributed by atoms with Crippen LogP contribution in [-0.4, -0.2) is 36.1 Å². The molecule has 0 radical (unpaired) electrons. The lowest BCUT2D eigenvalue weighted by Gasteiger charge is -2.57. The minimum atomic E-state index is -0.607. The maximum Gasteiger partial charge on any atom is 0.412 e. The van der Waals surface area contributed by atoms with Crippen molar-refractivity contribution in [2.45, 2.75) is 71.4 Å². The zero-order chi connectivity index (χ0) is 27.6. The normalized spacial score (nSPS) is 25.7. The zero-order valence-electron chi connectivity index (χ0n) is 23.8. The molecular formula is C33H43N3O3. The Morgan fingerprint density at radius 3 is 2.05 bits per heavy atom. The summed E-state index contributed by atoms with van der Waals surface area (Å²) in [6.45, 7) is 7.58. The predicted molar refractivity (Wildman–Crippen MR) is 157 cm³/mol. The molecule has 4 fully saturated rings. The summed E-state index contributed by atoms with van der Waals surface area (Å²) in [4.78, 5) is 27.3.